The molecule has 0 radical (unpaired) electrons. The predicted molar refractivity (Wildman–Crippen MR) is 239 cm³/mol. The number of phenolic OH excluding ortho intramolecular Hbond substituents is 1. The van der Waals surface area contributed by atoms with Crippen LogP contribution in [0.25, 0.3) is 33.3 Å². The molecule has 336 valence electrons. The zero-order valence-electron chi connectivity index (χ0n) is 37.8. The number of cyclic esters (lactones) is 1. The monoisotopic (exact) mass is 862 g/mol. The first-order valence-electron chi connectivity index (χ1n) is 22.3. The third kappa shape index (κ3) is 9.38. The van der Waals surface area contributed by atoms with Gasteiger partial charge in [0, 0.05) is 73.6 Å². The average molecular weight is 863 g/mol. The van der Waals surface area contributed by atoms with Gasteiger partial charge in [-0.1, -0.05) is 39.8 Å². The van der Waals surface area contributed by atoms with Crippen LogP contribution in [0.5, 0.6) is 5.75 Å². The molecule has 63 heavy (non-hydrogen) atoms. The maximum Gasteiger partial charge on any atom is 0.324 e. The van der Waals surface area contributed by atoms with Crippen molar-refractivity contribution in [1.82, 2.24) is 30.2 Å². The molecule has 6 bridgehead atoms. The molecule has 4 heterocycles. The van der Waals surface area contributed by atoms with Crippen LogP contribution in [-0.2, 0) is 52.8 Å². The van der Waals surface area contributed by atoms with Gasteiger partial charge in [-0.15, -0.1) is 0 Å². The van der Waals surface area contributed by atoms with Crippen molar-refractivity contribution >= 4 is 40.9 Å². The third-order valence-electron chi connectivity index (χ3n) is 13.1. The molecule has 2 aromatic carbocycles. The first-order valence-corrected chi connectivity index (χ1v) is 22.3. The van der Waals surface area contributed by atoms with Gasteiger partial charge in [0.05, 0.1) is 24.1 Å². The SMILES string of the molecule is CCn1c(-c2cccnc2[C@H](C)OC)c2c3cc(ccc31)-c1cc(O)cc(c1)C[C@H](NC(=O)[C@H](C(C)C)N(C)C(=O)C1CC(C=O)C1)C(=O)N1CCC[C@H](N1)C(=O)OCC(C)(C)C2. The van der Waals surface area contributed by atoms with E-state index in [0.29, 0.717) is 44.2 Å². The molecule has 3 amide bonds. The smallest absolute Gasteiger partial charge is 0.324 e. The fourth-order valence-corrected chi connectivity index (χ4v) is 9.65. The number of carbonyl (C=O) groups excluding carboxylic acids is 5. The summed E-state index contributed by atoms with van der Waals surface area (Å²) < 4.78 is 14.2. The van der Waals surface area contributed by atoms with Gasteiger partial charge in [-0.2, -0.15) is 0 Å². The number of hydrogen-bond acceptors (Lipinski definition) is 10. The van der Waals surface area contributed by atoms with Gasteiger partial charge in [0.15, 0.2) is 0 Å². The van der Waals surface area contributed by atoms with E-state index in [1.54, 1.807) is 32.5 Å². The number of ether oxygens (including phenoxy) is 2. The summed E-state index contributed by atoms with van der Waals surface area (Å²) in [6.07, 6.45) is 4.77. The van der Waals surface area contributed by atoms with Crippen LogP contribution in [0.4, 0.5) is 0 Å². The van der Waals surface area contributed by atoms with Crippen LogP contribution in [0.1, 0.15) is 90.2 Å². The van der Waals surface area contributed by atoms with E-state index in [9.17, 15) is 29.1 Å². The Morgan fingerprint density at radius 1 is 1.11 bits per heavy atom. The standard InChI is InChI=1S/C49H62N6O8/c1-9-54-41-15-14-32-24-37(41)38(44(54)36-12-10-16-50-42(36)29(4)62-8)25-49(5,6)27-63-48(61)39-13-11-17-55(52-39)47(60)40(22-30-18-33(32)23-35(57)21-30)51-45(58)43(28(2)3)53(7)46(59)34-19-31(20-34)26-56/h10,12,14-16,18,21,23-24,26,28-29,31,34,39-40,43,52,57H,9,11,13,17,19-20,22,25,27H2,1-8H3,(H,51,58)/t29-,31?,34?,39-,40-,43-/m0/s1. The highest BCUT2D eigenvalue weighted by Crippen LogP contribution is 2.42. The van der Waals surface area contributed by atoms with E-state index in [1.807, 2.05) is 39.0 Å². The number of pyridine rings is 1. The molecule has 14 nitrogen and oxygen atoms in total. The molecule has 0 spiro atoms. The van der Waals surface area contributed by atoms with Crippen molar-refractivity contribution in [3.8, 4) is 28.1 Å². The summed E-state index contributed by atoms with van der Waals surface area (Å²) in [5.74, 6) is -2.49. The second-order valence-corrected chi connectivity index (χ2v) is 18.7. The van der Waals surface area contributed by atoms with Crippen molar-refractivity contribution in [3.05, 3.63) is 71.5 Å². The van der Waals surface area contributed by atoms with E-state index in [0.717, 1.165) is 50.8 Å². The van der Waals surface area contributed by atoms with Gasteiger partial charge < -0.3 is 34.2 Å². The number of esters is 1. The molecule has 7 rings (SSSR count). The maximum absolute atomic E-state index is 14.6. The first kappa shape index (κ1) is 45.4. The molecular weight excluding hydrogens is 801 g/mol. The number of nitrogens with zero attached hydrogens (tertiary/aromatic N) is 4. The number of carbonyl (C=O) groups is 5. The number of hydrazine groups is 1. The zero-order valence-corrected chi connectivity index (χ0v) is 37.8. The summed E-state index contributed by atoms with van der Waals surface area (Å²) in [5.41, 5.74) is 9.57. The van der Waals surface area contributed by atoms with Crippen molar-refractivity contribution in [3.63, 3.8) is 0 Å². The summed E-state index contributed by atoms with van der Waals surface area (Å²) in [6, 6.07) is 12.6. The number of fused-ring (bicyclic) bond motifs is 6. The molecule has 14 heteroatoms. The van der Waals surface area contributed by atoms with Crippen LogP contribution in [0.15, 0.2) is 54.7 Å². The van der Waals surface area contributed by atoms with E-state index in [4.69, 9.17) is 14.5 Å². The maximum atomic E-state index is 14.6. The highest BCUT2D eigenvalue weighted by atomic mass is 16.5. The Bertz CT molecular complexity index is 2380. The molecule has 1 saturated heterocycles. The van der Waals surface area contributed by atoms with E-state index in [1.165, 1.54) is 9.91 Å². The lowest BCUT2D eigenvalue weighted by molar-refractivity contribution is -0.155. The summed E-state index contributed by atoms with van der Waals surface area (Å²) in [6.45, 7) is 13.0. The van der Waals surface area contributed by atoms with E-state index < -0.39 is 41.3 Å². The minimum atomic E-state index is -1.14. The van der Waals surface area contributed by atoms with Crippen molar-refractivity contribution in [2.24, 2.45) is 23.2 Å². The number of aldehydes is 1. The second-order valence-electron chi connectivity index (χ2n) is 18.7. The Labute approximate surface area is 369 Å². The number of likely N-dealkylation sites (N-methyl/N-ethyl adjacent to an activating group) is 1. The Hall–Kier alpha value is -5.60. The number of aromatic hydroxyl groups is 1. The number of aryl methyl sites for hydroxylation is 1. The molecule has 1 aliphatic carbocycles. The minimum absolute atomic E-state index is 0.00485. The molecule has 4 aromatic rings. The molecule has 2 fully saturated rings. The van der Waals surface area contributed by atoms with Gasteiger partial charge in [-0.3, -0.25) is 29.2 Å². The molecule has 4 atom stereocenters. The molecule has 2 aliphatic heterocycles. The molecular formula is C49H62N6O8. The second kappa shape index (κ2) is 18.6. The van der Waals surface area contributed by atoms with Gasteiger partial charge in [0.1, 0.15) is 30.2 Å². The predicted octanol–water partition coefficient (Wildman–Crippen LogP) is 6.16. The number of benzene rings is 2. The third-order valence-corrected chi connectivity index (χ3v) is 13.1. The number of amides is 3. The number of nitrogens with one attached hydrogen (secondary N) is 2. The van der Waals surface area contributed by atoms with Crippen LogP contribution in [0.3, 0.4) is 0 Å². The first-order chi connectivity index (χ1) is 30.0. The Morgan fingerprint density at radius 2 is 1.87 bits per heavy atom. The van der Waals surface area contributed by atoms with Crippen molar-refractivity contribution in [2.75, 3.05) is 27.3 Å². The van der Waals surface area contributed by atoms with Gasteiger partial charge in [0.25, 0.3) is 5.91 Å². The van der Waals surface area contributed by atoms with Crippen molar-refractivity contribution < 1.29 is 38.6 Å². The quantitative estimate of drug-likeness (QED) is 0.124. The Morgan fingerprint density at radius 3 is 2.57 bits per heavy atom. The molecule has 3 N–H and O–H groups in total. The molecule has 3 aliphatic rings. The lowest BCUT2D eigenvalue weighted by Crippen LogP contribution is -2.62. The fraction of sp³-hybridized carbons (Fsp3) is 0.510. The van der Waals surface area contributed by atoms with E-state index in [2.05, 4.69) is 54.3 Å². The lowest BCUT2D eigenvalue weighted by Gasteiger charge is -2.39. The van der Waals surface area contributed by atoms with Crippen LogP contribution in [0.2, 0.25) is 0 Å². The summed E-state index contributed by atoms with van der Waals surface area (Å²) in [4.78, 5) is 73.9. The number of phenols is 1. The van der Waals surface area contributed by atoms with Gasteiger partial charge in [0.2, 0.25) is 11.8 Å². The fourth-order valence-electron chi connectivity index (χ4n) is 9.65. The van der Waals surface area contributed by atoms with Crippen molar-refractivity contribution in [2.45, 2.75) is 111 Å². The zero-order chi connectivity index (χ0) is 45.3. The topological polar surface area (TPSA) is 172 Å². The minimum Gasteiger partial charge on any atom is -0.508 e. The highest BCUT2D eigenvalue weighted by molar-refractivity contribution is 5.96. The molecule has 0 unspecified atom stereocenters. The van der Waals surface area contributed by atoms with E-state index in [-0.39, 0.29) is 55.1 Å². The van der Waals surface area contributed by atoms with Gasteiger partial charge in [-0.05, 0) is 111 Å². The highest BCUT2D eigenvalue weighted by Gasteiger charge is 2.41. The number of aromatic nitrogens is 2. The Balaban J connectivity index is 1.33. The summed E-state index contributed by atoms with van der Waals surface area (Å²) in [5, 5.41) is 16.7. The summed E-state index contributed by atoms with van der Waals surface area (Å²) in [7, 11) is 3.26. The molecule has 2 aromatic heterocycles. The van der Waals surface area contributed by atoms with Gasteiger partial charge in [-0.25, -0.2) is 5.43 Å². The normalized spacial score (nSPS) is 22.4. The number of methoxy groups -OCH3 is 1. The number of rotatable bonds is 10. The van der Waals surface area contributed by atoms with Crippen LogP contribution < -0.4 is 10.7 Å². The van der Waals surface area contributed by atoms with Crippen LogP contribution >= 0.6 is 0 Å². The van der Waals surface area contributed by atoms with Crippen LogP contribution in [0, 0.1) is 23.2 Å². The largest absolute Gasteiger partial charge is 0.508 e. The number of hydrogen-bond donors (Lipinski definition) is 3. The van der Waals surface area contributed by atoms with E-state index >= 15 is 0 Å². The van der Waals surface area contributed by atoms with Crippen LogP contribution in [-0.4, -0.2) is 100.0 Å². The summed E-state index contributed by atoms with van der Waals surface area (Å²) >= 11 is 0. The molecule has 1 saturated carbocycles. The van der Waals surface area contributed by atoms with Crippen molar-refractivity contribution in [1.29, 1.82) is 0 Å². The Kier molecular flexibility index (Phi) is 13.4. The average Bonchev–Trinajstić information content (AvgIpc) is 3.55. The van der Waals surface area contributed by atoms with Gasteiger partial charge >= 0.3 is 5.97 Å². The lowest BCUT2D eigenvalue weighted by atomic mass is 9.75.